The molecule has 0 spiro atoms. The van der Waals surface area contributed by atoms with Crippen LogP contribution < -0.4 is 5.56 Å². The van der Waals surface area contributed by atoms with E-state index >= 15 is 0 Å². The first-order valence-corrected chi connectivity index (χ1v) is 6.75. The number of carbonyl (C=O) groups excluding carboxylic acids is 1. The van der Waals surface area contributed by atoms with Gasteiger partial charge in [-0.05, 0) is 25.0 Å². The summed E-state index contributed by atoms with van der Waals surface area (Å²) in [6, 6.07) is 4.23. The number of pyridine rings is 1. The fourth-order valence-corrected chi connectivity index (χ4v) is 1.97. The second-order valence-electron chi connectivity index (χ2n) is 4.95. The minimum Gasteiger partial charge on any atom is -0.462 e. The second kappa shape index (κ2) is 7.60. The number of hydrogen-bond acceptors (Lipinski definition) is 5. The molecule has 21 heavy (non-hydrogen) atoms. The van der Waals surface area contributed by atoms with E-state index in [2.05, 4.69) is 0 Å². The van der Waals surface area contributed by atoms with E-state index in [1.165, 1.54) is 17.7 Å². The van der Waals surface area contributed by atoms with Crippen molar-refractivity contribution in [3.63, 3.8) is 0 Å². The molecule has 0 N–H and O–H groups in total. The van der Waals surface area contributed by atoms with Crippen molar-refractivity contribution in [2.24, 2.45) is 0 Å². The fraction of sp³-hybridized carbons (Fsp3) is 0.533. The van der Waals surface area contributed by atoms with Crippen LogP contribution in [0.5, 0.6) is 0 Å². The lowest BCUT2D eigenvalue weighted by molar-refractivity contribution is -0.148. The van der Waals surface area contributed by atoms with Crippen molar-refractivity contribution in [1.29, 1.82) is 5.26 Å². The van der Waals surface area contributed by atoms with Crippen LogP contribution in [0, 0.1) is 11.3 Å². The molecule has 0 aliphatic rings. The largest absolute Gasteiger partial charge is 0.462 e. The molecule has 1 unspecified atom stereocenters. The summed E-state index contributed by atoms with van der Waals surface area (Å²) in [5.74, 6) is -0.481. The minimum atomic E-state index is -0.792. The molecule has 0 radical (unpaired) electrons. The summed E-state index contributed by atoms with van der Waals surface area (Å²) in [6.07, 6.45) is 0. The Labute approximate surface area is 123 Å². The Morgan fingerprint density at radius 2 is 2.00 bits per heavy atom. The summed E-state index contributed by atoms with van der Waals surface area (Å²) in [5, 5.41) is 8.97. The summed E-state index contributed by atoms with van der Waals surface area (Å²) in [4.78, 5) is 24.3. The van der Waals surface area contributed by atoms with Gasteiger partial charge in [-0.25, -0.2) is 4.79 Å². The molecule has 0 fully saturated rings. The Bertz CT molecular complexity index is 599. The third-order valence-corrected chi connectivity index (χ3v) is 3.12. The van der Waals surface area contributed by atoms with Crippen LogP contribution in [0.2, 0.25) is 0 Å². The predicted molar refractivity (Wildman–Crippen MR) is 77.1 cm³/mol. The van der Waals surface area contributed by atoms with E-state index in [0.717, 1.165) is 0 Å². The molecule has 1 atom stereocenters. The number of hydrogen-bond donors (Lipinski definition) is 0. The maximum Gasteiger partial charge on any atom is 0.329 e. The van der Waals surface area contributed by atoms with Crippen molar-refractivity contribution in [3.8, 4) is 6.07 Å². The standard InChI is InChI=1S/C15H20N2O4/c1-10(2)13-6-5-12(9-16)14(18)17(13)11(3)15(19)21-8-7-20-4/h5-6,10-11H,7-8H2,1-4H3. The average molecular weight is 292 g/mol. The summed E-state index contributed by atoms with van der Waals surface area (Å²) < 4.78 is 11.2. The quantitative estimate of drug-likeness (QED) is 0.587. The minimum absolute atomic E-state index is 0.0101. The fourth-order valence-electron chi connectivity index (χ4n) is 1.97. The van der Waals surface area contributed by atoms with Gasteiger partial charge in [-0.3, -0.25) is 9.36 Å². The predicted octanol–water partition coefficient (Wildman–Crippen LogP) is 1.59. The summed E-state index contributed by atoms with van der Waals surface area (Å²) >= 11 is 0. The highest BCUT2D eigenvalue weighted by Crippen LogP contribution is 2.18. The molecular formula is C15H20N2O4. The number of carbonyl (C=O) groups is 1. The van der Waals surface area contributed by atoms with Crippen LogP contribution in [-0.2, 0) is 14.3 Å². The number of methoxy groups -OCH3 is 1. The third kappa shape index (κ3) is 3.92. The Morgan fingerprint density at radius 3 is 2.52 bits per heavy atom. The molecule has 114 valence electrons. The van der Waals surface area contributed by atoms with Gasteiger partial charge in [0.1, 0.15) is 24.3 Å². The summed E-state index contributed by atoms with van der Waals surface area (Å²) in [5.41, 5.74) is 0.228. The SMILES string of the molecule is COCCOC(=O)C(C)n1c(C(C)C)ccc(C#N)c1=O. The van der Waals surface area contributed by atoms with Crippen molar-refractivity contribution in [3.05, 3.63) is 33.7 Å². The highest BCUT2D eigenvalue weighted by atomic mass is 16.6. The van der Waals surface area contributed by atoms with Gasteiger partial charge in [-0.15, -0.1) is 0 Å². The molecule has 1 heterocycles. The van der Waals surface area contributed by atoms with Gasteiger partial charge < -0.3 is 9.47 Å². The smallest absolute Gasteiger partial charge is 0.329 e. The number of aromatic nitrogens is 1. The molecular weight excluding hydrogens is 272 g/mol. The molecule has 0 bridgehead atoms. The van der Waals surface area contributed by atoms with Gasteiger partial charge in [0.05, 0.1) is 6.61 Å². The molecule has 1 aromatic rings. The number of esters is 1. The average Bonchev–Trinajstić information content (AvgIpc) is 2.46. The Morgan fingerprint density at radius 1 is 1.33 bits per heavy atom. The van der Waals surface area contributed by atoms with E-state index in [0.29, 0.717) is 12.3 Å². The second-order valence-corrected chi connectivity index (χ2v) is 4.95. The molecule has 6 nitrogen and oxygen atoms in total. The molecule has 0 aliphatic heterocycles. The van der Waals surface area contributed by atoms with Gasteiger partial charge in [0.25, 0.3) is 5.56 Å². The molecule has 1 aromatic heterocycles. The van der Waals surface area contributed by atoms with Crippen LogP contribution in [0.4, 0.5) is 0 Å². The zero-order valence-corrected chi connectivity index (χ0v) is 12.8. The van der Waals surface area contributed by atoms with Gasteiger partial charge in [-0.1, -0.05) is 13.8 Å². The number of nitriles is 1. The molecule has 0 saturated heterocycles. The van der Waals surface area contributed by atoms with E-state index in [-0.39, 0.29) is 18.1 Å². The van der Waals surface area contributed by atoms with Gasteiger partial charge in [0.15, 0.2) is 0 Å². The Kier molecular flexibility index (Phi) is 6.12. The van der Waals surface area contributed by atoms with E-state index in [9.17, 15) is 9.59 Å². The van der Waals surface area contributed by atoms with Crippen molar-refractivity contribution >= 4 is 5.97 Å². The Hall–Kier alpha value is -2.13. The number of nitrogens with zero attached hydrogens (tertiary/aromatic N) is 2. The molecule has 0 aromatic carbocycles. The third-order valence-electron chi connectivity index (χ3n) is 3.12. The van der Waals surface area contributed by atoms with Crippen molar-refractivity contribution < 1.29 is 14.3 Å². The normalized spacial score (nSPS) is 12.0. The van der Waals surface area contributed by atoms with Crippen LogP contribution >= 0.6 is 0 Å². The van der Waals surface area contributed by atoms with Crippen LogP contribution in [0.3, 0.4) is 0 Å². The highest BCUT2D eigenvalue weighted by molar-refractivity contribution is 5.74. The molecule has 0 amide bonds. The first-order valence-electron chi connectivity index (χ1n) is 6.75. The topological polar surface area (TPSA) is 81.3 Å². The zero-order valence-electron chi connectivity index (χ0n) is 12.8. The summed E-state index contributed by atoms with van der Waals surface area (Å²) in [7, 11) is 1.51. The lowest BCUT2D eigenvalue weighted by atomic mass is 10.1. The van der Waals surface area contributed by atoms with Crippen molar-refractivity contribution in [2.75, 3.05) is 20.3 Å². The van der Waals surface area contributed by atoms with Crippen LogP contribution in [0.25, 0.3) is 0 Å². The van der Waals surface area contributed by atoms with Crippen molar-refractivity contribution in [2.45, 2.75) is 32.7 Å². The zero-order chi connectivity index (χ0) is 16.0. The molecule has 6 heteroatoms. The van der Waals surface area contributed by atoms with Gasteiger partial charge in [-0.2, -0.15) is 5.26 Å². The molecule has 0 aliphatic carbocycles. The van der Waals surface area contributed by atoms with Gasteiger partial charge in [0.2, 0.25) is 0 Å². The van der Waals surface area contributed by atoms with Crippen LogP contribution in [0.15, 0.2) is 16.9 Å². The van der Waals surface area contributed by atoms with E-state index in [4.69, 9.17) is 14.7 Å². The van der Waals surface area contributed by atoms with Crippen LogP contribution in [-0.4, -0.2) is 30.9 Å². The van der Waals surface area contributed by atoms with E-state index in [1.54, 1.807) is 13.0 Å². The monoisotopic (exact) mass is 292 g/mol. The van der Waals surface area contributed by atoms with Gasteiger partial charge >= 0.3 is 5.97 Å². The van der Waals surface area contributed by atoms with Crippen LogP contribution in [0.1, 0.15) is 44.0 Å². The Balaban J connectivity index is 3.18. The first-order chi connectivity index (χ1) is 9.93. The number of rotatable bonds is 6. The maximum atomic E-state index is 12.3. The lowest BCUT2D eigenvalue weighted by Crippen LogP contribution is -2.33. The van der Waals surface area contributed by atoms with Gasteiger partial charge in [0, 0.05) is 12.8 Å². The lowest BCUT2D eigenvalue weighted by Gasteiger charge is -2.20. The summed E-state index contributed by atoms with van der Waals surface area (Å²) in [6.45, 7) is 5.84. The molecule has 0 saturated carbocycles. The highest BCUT2D eigenvalue weighted by Gasteiger charge is 2.22. The van der Waals surface area contributed by atoms with E-state index in [1.807, 2.05) is 19.9 Å². The molecule has 1 rings (SSSR count). The number of ether oxygens (including phenoxy) is 2. The van der Waals surface area contributed by atoms with Crippen molar-refractivity contribution in [1.82, 2.24) is 4.57 Å². The van der Waals surface area contributed by atoms with E-state index < -0.39 is 17.6 Å². The first kappa shape index (κ1) is 16.9. The maximum absolute atomic E-state index is 12.3.